The topological polar surface area (TPSA) is 32.3 Å². The highest BCUT2D eigenvalue weighted by atomic mass is 19.1. The van der Waals surface area contributed by atoms with Crippen LogP contribution >= 0.6 is 0 Å². The van der Waals surface area contributed by atoms with E-state index in [1.54, 1.807) is 12.1 Å². The van der Waals surface area contributed by atoms with Crippen LogP contribution in [0.1, 0.15) is 22.7 Å². The van der Waals surface area contributed by atoms with Gasteiger partial charge in [-0.1, -0.05) is 24.3 Å². The van der Waals surface area contributed by atoms with Gasteiger partial charge in [-0.2, -0.15) is 0 Å². The predicted octanol–water partition coefficient (Wildman–Crippen LogP) is 3.59. The summed E-state index contributed by atoms with van der Waals surface area (Å²) in [5.41, 5.74) is 4.05. The van der Waals surface area contributed by atoms with E-state index >= 15 is 0 Å². The van der Waals surface area contributed by atoms with Gasteiger partial charge in [0.1, 0.15) is 5.82 Å². The van der Waals surface area contributed by atoms with Crippen molar-refractivity contribution >= 4 is 5.69 Å². The molecule has 0 fully saturated rings. The zero-order chi connectivity index (χ0) is 13.8. The number of benzene rings is 2. The molecular formula is C16H18FNO. The highest BCUT2D eigenvalue weighted by Crippen LogP contribution is 2.22. The Morgan fingerprint density at radius 2 is 1.89 bits per heavy atom. The number of aliphatic hydroxyl groups is 1. The Morgan fingerprint density at radius 3 is 2.53 bits per heavy atom. The third kappa shape index (κ3) is 3.32. The van der Waals surface area contributed by atoms with Crippen molar-refractivity contribution in [1.82, 2.24) is 0 Å². The summed E-state index contributed by atoms with van der Waals surface area (Å²) in [4.78, 5) is 0. The number of rotatable bonds is 4. The standard InChI is InChI=1S/C16H18FNO/c1-11-6-7-13(8-12(11)2)16(10-19)18-15-5-3-4-14(17)9-15/h3-9,16,18-19H,10H2,1-2H3. The number of aliphatic hydroxyl groups excluding tert-OH is 1. The molecule has 0 aliphatic carbocycles. The Bertz CT molecular complexity index is 568. The molecular weight excluding hydrogens is 241 g/mol. The van der Waals surface area contributed by atoms with Crippen molar-refractivity contribution in [3.05, 3.63) is 65.0 Å². The molecule has 0 aliphatic heterocycles. The van der Waals surface area contributed by atoms with Crippen LogP contribution in [0, 0.1) is 19.7 Å². The quantitative estimate of drug-likeness (QED) is 0.879. The Balaban J connectivity index is 2.22. The molecule has 2 N–H and O–H groups in total. The fourth-order valence-electron chi connectivity index (χ4n) is 2.00. The fourth-order valence-corrected chi connectivity index (χ4v) is 2.00. The second-order valence-corrected chi connectivity index (χ2v) is 4.73. The van der Waals surface area contributed by atoms with E-state index in [1.165, 1.54) is 23.3 Å². The number of anilines is 1. The Labute approximate surface area is 112 Å². The zero-order valence-corrected chi connectivity index (χ0v) is 11.2. The number of nitrogens with one attached hydrogen (secondary N) is 1. The second kappa shape index (κ2) is 5.85. The van der Waals surface area contributed by atoms with Crippen molar-refractivity contribution in [3.63, 3.8) is 0 Å². The fraction of sp³-hybridized carbons (Fsp3) is 0.250. The molecule has 0 saturated heterocycles. The van der Waals surface area contributed by atoms with E-state index in [2.05, 4.69) is 5.32 Å². The van der Waals surface area contributed by atoms with Gasteiger partial charge in [-0.3, -0.25) is 0 Å². The van der Waals surface area contributed by atoms with Crippen LogP contribution in [0.15, 0.2) is 42.5 Å². The lowest BCUT2D eigenvalue weighted by Gasteiger charge is -2.19. The minimum atomic E-state index is -0.290. The van der Waals surface area contributed by atoms with E-state index in [-0.39, 0.29) is 18.5 Å². The number of hydrogen-bond acceptors (Lipinski definition) is 2. The van der Waals surface area contributed by atoms with Crippen molar-refractivity contribution in [2.75, 3.05) is 11.9 Å². The minimum absolute atomic E-state index is 0.0426. The SMILES string of the molecule is Cc1ccc(C(CO)Nc2cccc(F)c2)cc1C. The number of halogens is 1. The summed E-state index contributed by atoms with van der Waals surface area (Å²) in [6.07, 6.45) is 0. The molecule has 2 nitrogen and oxygen atoms in total. The lowest BCUT2D eigenvalue weighted by Crippen LogP contribution is -2.15. The first kappa shape index (κ1) is 13.6. The highest BCUT2D eigenvalue weighted by molar-refractivity contribution is 5.46. The van der Waals surface area contributed by atoms with Crippen LogP contribution < -0.4 is 5.32 Å². The van der Waals surface area contributed by atoms with Gasteiger partial charge < -0.3 is 10.4 Å². The summed E-state index contributed by atoms with van der Waals surface area (Å²) in [5.74, 6) is -0.290. The maximum atomic E-state index is 13.1. The largest absolute Gasteiger partial charge is 0.394 e. The average molecular weight is 259 g/mol. The van der Waals surface area contributed by atoms with Crippen molar-refractivity contribution in [2.45, 2.75) is 19.9 Å². The van der Waals surface area contributed by atoms with Gasteiger partial charge in [0.25, 0.3) is 0 Å². The molecule has 3 heteroatoms. The van der Waals surface area contributed by atoms with Crippen molar-refractivity contribution < 1.29 is 9.50 Å². The molecule has 0 spiro atoms. The molecule has 1 unspecified atom stereocenters. The average Bonchev–Trinajstić information content (AvgIpc) is 2.39. The lowest BCUT2D eigenvalue weighted by molar-refractivity contribution is 0.276. The first-order valence-corrected chi connectivity index (χ1v) is 6.30. The molecule has 1 atom stereocenters. The molecule has 2 rings (SSSR count). The van der Waals surface area contributed by atoms with E-state index in [9.17, 15) is 9.50 Å². The van der Waals surface area contributed by atoms with Crippen molar-refractivity contribution in [1.29, 1.82) is 0 Å². The number of aryl methyl sites for hydroxylation is 2. The smallest absolute Gasteiger partial charge is 0.125 e. The van der Waals surface area contributed by atoms with E-state index in [1.807, 2.05) is 32.0 Å². The van der Waals surface area contributed by atoms with Gasteiger partial charge in [-0.15, -0.1) is 0 Å². The molecule has 0 aromatic heterocycles. The first-order valence-electron chi connectivity index (χ1n) is 6.30. The molecule has 0 heterocycles. The van der Waals surface area contributed by atoms with Crippen molar-refractivity contribution in [2.24, 2.45) is 0 Å². The van der Waals surface area contributed by atoms with Gasteiger partial charge in [0.2, 0.25) is 0 Å². The molecule has 0 saturated carbocycles. The van der Waals surface area contributed by atoms with E-state index < -0.39 is 0 Å². The molecule has 0 radical (unpaired) electrons. The van der Waals surface area contributed by atoms with Gasteiger partial charge >= 0.3 is 0 Å². The third-order valence-electron chi connectivity index (χ3n) is 3.28. The summed E-state index contributed by atoms with van der Waals surface area (Å²) in [6.45, 7) is 4.04. The monoisotopic (exact) mass is 259 g/mol. The summed E-state index contributed by atoms with van der Waals surface area (Å²) in [6, 6.07) is 12.1. The highest BCUT2D eigenvalue weighted by Gasteiger charge is 2.11. The summed E-state index contributed by atoms with van der Waals surface area (Å²) < 4.78 is 13.1. The van der Waals surface area contributed by atoms with Gasteiger partial charge in [0, 0.05) is 5.69 Å². The molecule has 0 bridgehead atoms. The molecule has 0 amide bonds. The van der Waals surface area contributed by atoms with Crippen LogP contribution in [-0.2, 0) is 0 Å². The van der Waals surface area contributed by atoms with E-state index in [0.717, 1.165) is 5.56 Å². The zero-order valence-electron chi connectivity index (χ0n) is 11.2. The first-order chi connectivity index (χ1) is 9.10. The predicted molar refractivity (Wildman–Crippen MR) is 75.8 cm³/mol. The van der Waals surface area contributed by atoms with Gasteiger partial charge in [0.05, 0.1) is 12.6 Å². The summed E-state index contributed by atoms with van der Waals surface area (Å²) in [5, 5.41) is 12.7. The maximum absolute atomic E-state index is 13.1. The molecule has 0 aliphatic rings. The van der Waals surface area contributed by atoms with E-state index in [0.29, 0.717) is 5.69 Å². The third-order valence-corrected chi connectivity index (χ3v) is 3.28. The molecule has 2 aromatic carbocycles. The second-order valence-electron chi connectivity index (χ2n) is 4.73. The molecule has 2 aromatic rings. The van der Waals surface area contributed by atoms with Gasteiger partial charge in [-0.25, -0.2) is 4.39 Å². The molecule has 19 heavy (non-hydrogen) atoms. The minimum Gasteiger partial charge on any atom is -0.394 e. The van der Waals surface area contributed by atoms with Crippen LogP contribution in [0.5, 0.6) is 0 Å². The number of hydrogen-bond donors (Lipinski definition) is 2. The Hall–Kier alpha value is -1.87. The normalized spacial score (nSPS) is 12.2. The van der Waals surface area contributed by atoms with E-state index in [4.69, 9.17) is 0 Å². The van der Waals surface area contributed by atoms with Crippen LogP contribution in [0.4, 0.5) is 10.1 Å². The maximum Gasteiger partial charge on any atom is 0.125 e. The van der Waals surface area contributed by atoms with Gasteiger partial charge in [-0.05, 0) is 48.7 Å². The lowest BCUT2D eigenvalue weighted by atomic mass is 10.0. The van der Waals surface area contributed by atoms with Crippen LogP contribution in [0.2, 0.25) is 0 Å². The van der Waals surface area contributed by atoms with Crippen LogP contribution in [0.3, 0.4) is 0 Å². The van der Waals surface area contributed by atoms with Crippen molar-refractivity contribution in [3.8, 4) is 0 Å². The van der Waals surface area contributed by atoms with Gasteiger partial charge in [0.15, 0.2) is 0 Å². The Kier molecular flexibility index (Phi) is 4.17. The Morgan fingerprint density at radius 1 is 1.11 bits per heavy atom. The molecule has 100 valence electrons. The van der Waals surface area contributed by atoms with Crippen LogP contribution in [0.25, 0.3) is 0 Å². The summed E-state index contributed by atoms with van der Waals surface area (Å²) >= 11 is 0. The van der Waals surface area contributed by atoms with Crippen LogP contribution in [-0.4, -0.2) is 11.7 Å². The summed E-state index contributed by atoms with van der Waals surface area (Å²) in [7, 11) is 0.